The first-order valence-electron chi connectivity index (χ1n) is 7.88. The third-order valence-corrected chi connectivity index (χ3v) is 5.05. The molecule has 1 saturated carbocycles. The summed E-state index contributed by atoms with van der Waals surface area (Å²) in [4.78, 5) is 13.1. The highest BCUT2D eigenvalue weighted by atomic mass is 32.1. The monoisotopic (exact) mass is 326 g/mol. The number of anilines is 1. The zero-order valence-corrected chi connectivity index (χ0v) is 13.7. The maximum Gasteiger partial charge on any atom is 0.265 e. The van der Waals surface area contributed by atoms with E-state index in [1.165, 1.54) is 17.5 Å². The second kappa shape index (κ2) is 5.74. The summed E-state index contributed by atoms with van der Waals surface area (Å²) in [6.45, 7) is 2.58. The molecule has 1 N–H and O–H groups in total. The average molecular weight is 326 g/mol. The van der Waals surface area contributed by atoms with E-state index in [4.69, 9.17) is 4.74 Å². The van der Waals surface area contributed by atoms with Crippen molar-refractivity contribution in [3.63, 3.8) is 0 Å². The Bertz CT molecular complexity index is 812. The van der Waals surface area contributed by atoms with E-state index in [0.717, 1.165) is 21.7 Å². The van der Waals surface area contributed by atoms with Gasteiger partial charge in [-0.15, -0.1) is 11.3 Å². The molecule has 2 aromatic heterocycles. The number of nitrogens with one attached hydrogen (secondary N) is 1. The van der Waals surface area contributed by atoms with Crippen LogP contribution >= 0.6 is 11.3 Å². The van der Waals surface area contributed by atoms with E-state index in [9.17, 15) is 4.79 Å². The van der Waals surface area contributed by atoms with Gasteiger partial charge in [-0.2, -0.15) is 0 Å². The number of ether oxygens (including phenoxy) is 1. The number of hydrogen-bond donors (Lipinski definition) is 1. The van der Waals surface area contributed by atoms with Crippen molar-refractivity contribution >= 4 is 33.0 Å². The van der Waals surface area contributed by atoms with Crippen LogP contribution in [0.3, 0.4) is 0 Å². The largest absolute Gasteiger partial charge is 0.494 e. The molecular formula is C18H18N2O2S. The summed E-state index contributed by atoms with van der Waals surface area (Å²) in [6, 6.07) is 10.1. The molecule has 0 bridgehead atoms. The Kier molecular flexibility index (Phi) is 3.58. The summed E-state index contributed by atoms with van der Waals surface area (Å²) in [7, 11) is 0. The molecule has 0 atom stereocenters. The van der Waals surface area contributed by atoms with Gasteiger partial charge in [0.05, 0.1) is 16.2 Å². The predicted octanol–water partition coefficient (Wildman–Crippen LogP) is 4.69. The molecule has 4 rings (SSSR count). The first kappa shape index (κ1) is 14.3. The van der Waals surface area contributed by atoms with Crippen molar-refractivity contribution in [2.75, 3.05) is 11.9 Å². The van der Waals surface area contributed by atoms with E-state index in [2.05, 4.69) is 22.3 Å². The first-order chi connectivity index (χ1) is 11.2. The summed E-state index contributed by atoms with van der Waals surface area (Å²) < 4.78 is 8.85. The van der Waals surface area contributed by atoms with Gasteiger partial charge in [-0.05, 0) is 50.1 Å². The van der Waals surface area contributed by atoms with Gasteiger partial charge in [0.25, 0.3) is 5.91 Å². The number of aromatic nitrogens is 1. The van der Waals surface area contributed by atoms with Gasteiger partial charge >= 0.3 is 0 Å². The van der Waals surface area contributed by atoms with Crippen molar-refractivity contribution in [3.8, 4) is 5.75 Å². The van der Waals surface area contributed by atoms with E-state index in [1.807, 2.05) is 37.3 Å². The third-order valence-electron chi connectivity index (χ3n) is 3.96. The maximum absolute atomic E-state index is 12.4. The van der Waals surface area contributed by atoms with Gasteiger partial charge in [0.2, 0.25) is 0 Å². The van der Waals surface area contributed by atoms with Crippen molar-refractivity contribution in [2.45, 2.75) is 25.8 Å². The Morgan fingerprint density at radius 1 is 1.30 bits per heavy atom. The van der Waals surface area contributed by atoms with Crippen LogP contribution in [-0.4, -0.2) is 17.1 Å². The molecule has 4 nitrogen and oxygen atoms in total. The maximum atomic E-state index is 12.4. The summed E-state index contributed by atoms with van der Waals surface area (Å²) in [5.41, 5.74) is 0.777. The van der Waals surface area contributed by atoms with Gasteiger partial charge in [-0.1, -0.05) is 0 Å². The lowest BCUT2D eigenvalue weighted by Crippen LogP contribution is -2.09. The Morgan fingerprint density at radius 3 is 2.74 bits per heavy atom. The zero-order chi connectivity index (χ0) is 15.8. The molecule has 1 amide bonds. The van der Waals surface area contributed by atoms with Crippen LogP contribution in [0.2, 0.25) is 0 Å². The zero-order valence-electron chi connectivity index (χ0n) is 12.9. The van der Waals surface area contributed by atoms with Gasteiger partial charge in [0.15, 0.2) is 0 Å². The van der Waals surface area contributed by atoms with E-state index >= 15 is 0 Å². The van der Waals surface area contributed by atoms with Gasteiger partial charge in [0, 0.05) is 29.5 Å². The molecule has 1 aromatic carbocycles. The predicted molar refractivity (Wildman–Crippen MR) is 93.7 cm³/mol. The Hall–Kier alpha value is -2.27. The molecule has 2 heterocycles. The lowest BCUT2D eigenvalue weighted by Gasteiger charge is -2.06. The van der Waals surface area contributed by atoms with Crippen molar-refractivity contribution in [1.82, 2.24) is 4.57 Å². The van der Waals surface area contributed by atoms with Crippen molar-refractivity contribution in [1.29, 1.82) is 0 Å². The van der Waals surface area contributed by atoms with Crippen LogP contribution in [0.15, 0.2) is 42.7 Å². The minimum atomic E-state index is -0.0617. The normalized spacial score (nSPS) is 14.1. The van der Waals surface area contributed by atoms with Crippen molar-refractivity contribution in [3.05, 3.63) is 47.6 Å². The number of carbonyl (C=O) groups excluding carboxylic acids is 1. The van der Waals surface area contributed by atoms with E-state index < -0.39 is 0 Å². The summed E-state index contributed by atoms with van der Waals surface area (Å²) >= 11 is 1.54. The number of thiophene rings is 1. The molecule has 1 aliphatic rings. The Labute approximate surface area is 138 Å². The fourth-order valence-corrected chi connectivity index (χ4v) is 3.61. The smallest absolute Gasteiger partial charge is 0.265 e. The Morgan fingerprint density at radius 2 is 2.09 bits per heavy atom. The topological polar surface area (TPSA) is 43.3 Å². The summed E-state index contributed by atoms with van der Waals surface area (Å²) in [5.74, 6) is 0.748. The minimum absolute atomic E-state index is 0.0617. The quantitative estimate of drug-likeness (QED) is 0.739. The standard InChI is InChI=1S/C18H18N2O2S/c1-2-22-15-7-3-13(4-8-15)19-18(21)16-9-12-10-20(14-5-6-14)11-17(12)23-16/h3-4,7-11,14H,2,5-6H2,1H3,(H,19,21). The van der Waals surface area contributed by atoms with Gasteiger partial charge < -0.3 is 14.6 Å². The average Bonchev–Trinajstić information content (AvgIpc) is 3.19. The number of nitrogens with zero attached hydrogens (tertiary/aromatic N) is 1. The molecule has 1 fully saturated rings. The Balaban J connectivity index is 1.48. The molecule has 1 aliphatic carbocycles. The number of carbonyl (C=O) groups is 1. The summed E-state index contributed by atoms with van der Waals surface area (Å²) in [6.07, 6.45) is 6.85. The highest BCUT2D eigenvalue weighted by molar-refractivity contribution is 7.20. The van der Waals surface area contributed by atoms with Crippen LogP contribution < -0.4 is 10.1 Å². The molecule has 0 aliphatic heterocycles. The van der Waals surface area contributed by atoms with Crippen LogP contribution in [0, 0.1) is 0 Å². The van der Waals surface area contributed by atoms with Crippen LogP contribution in [0.25, 0.3) is 10.1 Å². The van der Waals surface area contributed by atoms with Crippen molar-refractivity contribution < 1.29 is 9.53 Å². The van der Waals surface area contributed by atoms with Crippen molar-refractivity contribution in [2.24, 2.45) is 0 Å². The van der Waals surface area contributed by atoms with Crippen LogP contribution in [0.1, 0.15) is 35.5 Å². The fourth-order valence-electron chi connectivity index (χ4n) is 2.64. The fraction of sp³-hybridized carbons (Fsp3) is 0.278. The van der Waals surface area contributed by atoms with E-state index in [-0.39, 0.29) is 5.91 Å². The van der Waals surface area contributed by atoms with Crippen LogP contribution in [-0.2, 0) is 0 Å². The summed E-state index contributed by atoms with van der Waals surface area (Å²) in [5, 5.41) is 4.09. The number of rotatable bonds is 5. The number of fused-ring (bicyclic) bond motifs is 1. The highest BCUT2D eigenvalue weighted by Gasteiger charge is 2.24. The SMILES string of the molecule is CCOc1ccc(NC(=O)c2cc3cn(C4CC4)cc3s2)cc1. The number of amides is 1. The first-order valence-corrected chi connectivity index (χ1v) is 8.70. The minimum Gasteiger partial charge on any atom is -0.494 e. The lowest BCUT2D eigenvalue weighted by molar-refractivity contribution is 0.103. The number of hydrogen-bond acceptors (Lipinski definition) is 3. The molecule has 23 heavy (non-hydrogen) atoms. The van der Waals surface area contributed by atoms with E-state index in [1.54, 1.807) is 11.3 Å². The molecule has 0 unspecified atom stereocenters. The molecule has 0 radical (unpaired) electrons. The van der Waals surface area contributed by atoms with Gasteiger partial charge in [-0.25, -0.2) is 0 Å². The van der Waals surface area contributed by atoms with Crippen LogP contribution in [0.4, 0.5) is 5.69 Å². The second-order valence-electron chi connectivity index (χ2n) is 5.78. The molecular weight excluding hydrogens is 308 g/mol. The lowest BCUT2D eigenvalue weighted by atomic mass is 10.3. The molecule has 0 saturated heterocycles. The molecule has 5 heteroatoms. The van der Waals surface area contributed by atoms with Gasteiger partial charge in [-0.3, -0.25) is 4.79 Å². The van der Waals surface area contributed by atoms with Gasteiger partial charge in [0.1, 0.15) is 5.75 Å². The molecule has 118 valence electrons. The van der Waals surface area contributed by atoms with Crippen LogP contribution in [0.5, 0.6) is 5.75 Å². The second-order valence-corrected chi connectivity index (χ2v) is 6.86. The highest BCUT2D eigenvalue weighted by Crippen LogP contribution is 2.38. The molecule has 0 spiro atoms. The third kappa shape index (κ3) is 2.97. The van der Waals surface area contributed by atoms with E-state index in [0.29, 0.717) is 12.6 Å². The molecule has 3 aromatic rings. The number of benzene rings is 1.